The van der Waals surface area contributed by atoms with Crippen molar-refractivity contribution in [2.45, 2.75) is 45.3 Å². The first kappa shape index (κ1) is 11.7. The highest BCUT2D eigenvalue weighted by atomic mass is 16.5. The molecule has 1 heterocycles. The number of rotatable bonds is 5. The van der Waals surface area contributed by atoms with Crippen molar-refractivity contribution in [3.05, 3.63) is 23.7 Å². The molecule has 3 nitrogen and oxygen atoms in total. The summed E-state index contributed by atoms with van der Waals surface area (Å²) in [5, 5.41) is 3.53. The molecule has 0 fully saturated rings. The quantitative estimate of drug-likeness (QED) is 0.779. The predicted molar refractivity (Wildman–Crippen MR) is 63.5 cm³/mol. The number of aryl methyl sites for hydroxylation is 1. The SMILES string of the molecule is CC(C)OCCNC1CCCc2occc21. The summed E-state index contributed by atoms with van der Waals surface area (Å²) in [5.74, 6) is 1.16. The van der Waals surface area contributed by atoms with E-state index in [4.69, 9.17) is 9.15 Å². The molecule has 0 saturated heterocycles. The Bertz CT molecular complexity index is 319. The molecule has 90 valence electrons. The van der Waals surface area contributed by atoms with Crippen molar-refractivity contribution in [1.29, 1.82) is 0 Å². The normalized spacial score (nSPS) is 20.1. The maximum absolute atomic E-state index is 5.52. The average Bonchev–Trinajstić information content (AvgIpc) is 2.72. The number of furan rings is 1. The van der Waals surface area contributed by atoms with Crippen LogP contribution in [0.4, 0.5) is 0 Å². The maximum atomic E-state index is 5.52. The van der Waals surface area contributed by atoms with Crippen molar-refractivity contribution in [2.24, 2.45) is 0 Å². The fourth-order valence-electron chi connectivity index (χ4n) is 2.23. The summed E-state index contributed by atoms with van der Waals surface area (Å²) in [6.07, 6.45) is 5.62. The van der Waals surface area contributed by atoms with Gasteiger partial charge in [-0.15, -0.1) is 0 Å². The lowest BCUT2D eigenvalue weighted by Gasteiger charge is -2.23. The van der Waals surface area contributed by atoms with Gasteiger partial charge in [0.25, 0.3) is 0 Å². The standard InChI is InChI=1S/C13H21NO2/c1-10(2)15-9-7-14-12-4-3-5-13-11(12)6-8-16-13/h6,8,10,12,14H,3-5,7,9H2,1-2H3. The zero-order valence-corrected chi connectivity index (χ0v) is 10.2. The second-order valence-electron chi connectivity index (χ2n) is 4.62. The van der Waals surface area contributed by atoms with E-state index in [1.807, 2.05) is 0 Å². The molecular formula is C13H21NO2. The first-order valence-electron chi connectivity index (χ1n) is 6.18. The summed E-state index contributed by atoms with van der Waals surface area (Å²) in [6.45, 7) is 5.82. The van der Waals surface area contributed by atoms with Gasteiger partial charge < -0.3 is 14.5 Å². The molecule has 0 amide bonds. The topological polar surface area (TPSA) is 34.4 Å². The minimum absolute atomic E-state index is 0.317. The largest absolute Gasteiger partial charge is 0.469 e. The molecule has 0 spiro atoms. The highest BCUT2D eigenvalue weighted by Gasteiger charge is 2.21. The van der Waals surface area contributed by atoms with Crippen LogP contribution in [0.3, 0.4) is 0 Å². The molecule has 1 aromatic heterocycles. The molecule has 0 bridgehead atoms. The fraction of sp³-hybridized carbons (Fsp3) is 0.692. The minimum atomic E-state index is 0.317. The van der Waals surface area contributed by atoms with Crippen molar-refractivity contribution in [1.82, 2.24) is 5.32 Å². The van der Waals surface area contributed by atoms with Gasteiger partial charge in [0.1, 0.15) is 5.76 Å². The molecule has 0 aromatic carbocycles. The van der Waals surface area contributed by atoms with E-state index in [0.29, 0.717) is 12.1 Å². The van der Waals surface area contributed by atoms with Crippen LogP contribution in [0.15, 0.2) is 16.7 Å². The van der Waals surface area contributed by atoms with Crippen LogP contribution in [-0.4, -0.2) is 19.3 Å². The van der Waals surface area contributed by atoms with Crippen molar-refractivity contribution in [2.75, 3.05) is 13.2 Å². The molecule has 1 N–H and O–H groups in total. The van der Waals surface area contributed by atoms with Crippen molar-refractivity contribution in [3.8, 4) is 0 Å². The van der Waals surface area contributed by atoms with E-state index in [2.05, 4.69) is 25.2 Å². The van der Waals surface area contributed by atoms with E-state index in [-0.39, 0.29) is 0 Å². The molecule has 0 radical (unpaired) electrons. The Kier molecular flexibility index (Phi) is 4.02. The fourth-order valence-corrected chi connectivity index (χ4v) is 2.23. The van der Waals surface area contributed by atoms with E-state index in [1.54, 1.807) is 6.26 Å². The average molecular weight is 223 g/mol. The van der Waals surface area contributed by atoms with Gasteiger partial charge in [-0.2, -0.15) is 0 Å². The third kappa shape index (κ3) is 2.86. The number of fused-ring (bicyclic) bond motifs is 1. The van der Waals surface area contributed by atoms with Crippen LogP contribution in [0, 0.1) is 0 Å². The first-order chi connectivity index (χ1) is 7.77. The molecule has 1 aliphatic rings. The molecule has 2 rings (SSSR count). The molecule has 1 aromatic rings. The molecule has 0 aliphatic heterocycles. The second kappa shape index (κ2) is 5.51. The van der Waals surface area contributed by atoms with Gasteiger partial charge in [-0.3, -0.25) is 0 Å². The van der Waals surface area contributed by atoms with E-state index >= 15 is 0 Å². The Hall–Kier alpha value is -0.800. The number of hydrogen-bond donors (Lipinski definition) is 1. The second-order valence-corrected chi connectivity index (χ2v) is 4.62. The molecule has 3 heteroatoms. The predicted octanol–water partition coefficient (Wildman–Crippen LogP) is 2.67. The minimum Gasteiger partial charge on any atom is -0.469 e. The molecule has 16 heavy (non-hydrogen) atoms. The van der Waals surface area contributed by atoms with Crippen LogP contribution in [0.25, 0.3) is 0 Å². The van der Waals surface area contributed by atoms with Crippen LogP contribution in [0.2, 0.25) is 0 Å². The first-order valence-corrected chi connectivity index (χ1v) is 6.18. The van der Waals surface area contributed by atoms with Crippen LogP contribution in [0.5, 0.6) is 0 Å². The van der Waals surface area contributed by atoms with E-state index < -0.39 is 0 Å². The summed E-state index contributed by atoms with van der Waals surface area (Å²) in [7, 11) is 0. The number of hydrogen-bond acceptors (Lipinski definition) is 3. The Labute approximate surface area is 97.2 Å². The van der Waals surface area contributed by atoms with Gasteiger partial charge in [0.05, 0.1) is 19.0 Å². The van der Waals surface area contributed by atoms with Crippen LogP contribution in [-0.2, 0) is 11.2 Å². The summed E-state index contributed by atoms with van der Waals surface area (Å²) in [6, 6.07) is 2.55. The van der Waals surface area contributed by atoms with E-state index in [9.17, 15) is 0 Å². The Morgan fingerprint density at radius 1 is 1.56 bits per heavy atom. The highest BCUT2D eigenvalue weighted by molar-refractivity contribution is 5.23. The Morgan fingerprint density at radius 3 is 3.25 bits per heavy atom. The smallest absolute Gasteiger partial charge is 0.108 e. The van der Waals surface area contributed by atoms with Crippen LogP contribution < -0.4 is 5.32 Å². The van der Waals surface area contributed by atoms with Crippen molar-refractivity contribution in [3.63, 3.8) is 0 Å². The number of ether oxygens (including phenoxy) is 1. The molecule has 1 atom stereocenters. The maximum Gasteiger partial charge on any atom is 0.108 e. The molecule has 0 saturated carbocycles. The lowest BCUT2D eigenvalue weighted by molar-refractivity contribution is 0.0789. The van der Waals surface area contributed by atoms with E-state index in [1.165, 1.54) is 18.4 Å². The van der Waals surface area contributed by atoms with Gasteiger partial charge in [0.2, 0.25) is 0 Å². The van der Waals surface area contributed by atoms with Gasteiger partial charge in [0.15, 0.2) is 0 Å². The summed E-state index contributed by atoms with van der Waals surface area (Å²) in [4.78, 5) is 0. The summed E-state index contributed by atoms with van der Waals surface area (Å²) < 4.78 is 11.0. The Balaban J connectivity index is 1.79. The van der Waals surface area contributed by atoms with Crippen molar-refractivity contribution < 1.29 is 9.15 Å². The lowest BCUT2D eigenvalue weighted by atomic mass is 9.93. The van der Waals surface area contributed by atoms with Gasteiger partial charge in [0, 0.05) is 24.6 Å². The van der Waals surface area contributed by atoms with Gasteiger partial charge in [-0.1, -0.05) is 0 Å². The molecular weight excluding hydrogens is 202 g/mol. The lowest BCUT2D eigenvalue weighted by Crippen LogP contribution is -2.28. The van der Waals surface area contributed by atoms with Crippen molar-refractivity contribution >= 4 is 0 Å². The molecule has 1 unspecified atom stereocenters. The van der Waals surface area contributed by atoms with Gasteiger partial charge in [-0.05, 0) is 32.8 Å². The third-order valence-electron chi connectivity index (χ3n) is 3.00. The highest BCUT2D eigenvalue weighted by Crippen LogP contribution is 2.30. The Morgan fingerprint density at radius 2 is 2.44 bits per heavy atom. The third-order valence-corrected chi connectivity index (χ3v) is 3.00. The monoisotopic (exact) mass is 223 g/mol. The summed E-state index contributed by atoms with van der Waals surface area (Å²) in [5.41, 5.74) is 1.34. The molecule has 1 aliphatic carbocycles. The summed E-state index contributed by atoms with van der Waals surface area (Å²) >= 11 is 0. The zero-order valence-electron chi connectivity index (χ0n) is 10.2. The van der Waals surface area contributed by atoms with E-state index in [0.717, 1.165) is 25.3 Å². The van der Waals surface area contributed by atoms with Crippen LogP contribution >= 0.6 is 0 Å². The van der Waals surface area contributed by atoms with Crippen LogP contribution in [0.1, 0.15) is 44.1 Å². The van der Waals surface area contributed by atoms with Gasteiger partial charge >= 0.3 is 0 Å². The zero-order chi connectivity index (χ0) is 11.4. The number of nitrogens with one attached hydrogen (secondary N) is 1. The van der Waals surface area contributed by atoms with Gasteiger partial charge in [-0.25, -0.2) is 0 Å².